The minimum Gasteiger partial charge on any atom is -0.426 e. The standard InChI is InChI=1S/C17H15ClFN2O6P/c1-2-11-8-21(17(23)20-16(11)22)6-5-14(26-19)10-25-28-24-9-12-7-13(18)3-4-15(12)27-28/h1,3-4,7-8,14H,5-6,9-10H2,(H,20,22,23). The maximum atomic E-state index is 12.9. The molecule has 2 aromatic rings. The summed E-state index contributed by atoms with van der Waals surface area (Å²) in [7, 11) is -1.72. The number of aromatic nitrogens is 2. The van der Waals surface area contributed by atoms with Gasteiger partial charge in [0, 0.05) is 23.3 Å². The van der Waals surface area contributed by atoms with Crippen LogP contribution in [0.25, 0.3) is 0 Å². The van der Waals surface area contributed by atoms with Crippen molar-refractivity contribution in [1.29, 1.82) is 0 Å². The Hall–Kier alpha value is -2.21. The number of nitrogens with zero attached hydrogens (tertiary/aromatic N) is 1. The number of aryl methyl sites for hydroxylation is 1. The largest absolute Gasteiger partial charge is 0.426 e. The molecular weight excluding hydrogens is 414 g/mol. The molecule has 2 atom stereocenters. The van der Waals surface area contributed by atoms with Gasteiger partial charge < -0.3 is 4.52 Å². The molecule has 1 aromatic heterocycles. The van der Waals surface area contributed by atoms with Gasteiger partial charge in [0.05, 0.1) is 13.2 Å². The number of H-pyrrole nitrogens is 1. The van der Waals surface area contributed by atoms with E-state index in [2.05, 4.69) is 15.8 Å². The summed E-state index contributed by atoms with van der Waals surface area (Å²) in [5.74, 6) is 2.76. The second-order valence-corrected chi connectivity index (χ2v) is 7.36. The quantitative estimate of drug-likeness (QED) is 0.538. The lowest BCUT2D eigenvalue weighted by atomic mass is 10.2. The average molecular weight is 429 g/mol. The Labute approximate surface area is 165 Å². The summed E-state index contributed by atoms with van der Waals surface area (Å²) < 4.78 is 30.5. The Morgan fingerprint density at radius 3 is 3.04 bits per heavy atom. The van der Waals surface area contributed by atoms with E-state index in [1.165, 1.54) is 10.8 Å². The Balaban J connectivity index is 1.54. The van der Waals surface area contributed by atoms with E-state index in [0.717, 1.165) is 5.56 Å². The van der Waals surface area contributed by atoms with Gasteiger partial charge in [-0.2, -0.15) is 4.94 Å². The maximum absolute atomic E-state index is 12.9. The van der Waals surface area contributed by atoms with Gasteiger partial charge in [-0.05, 0) is 29.1 Å². The van der Waals surface area contributed by atoms with Crippen LogP contribution in [-0.4, -0.2) is 22.3 Å². The minimum atomic E-state index is -1.72. The van der Waals surface area contributed by atoms with Crippen molar-refractivity contribution < 1.29 is 23.0 Å². The van der Waals surface area contributed by atoms with Crippen molar-refractivity contribution in [3.8, 4) is 18.1 Å². The molecule has 0 saturated carbocycles. The van der Waals surface area contributed by atoms with Crippen LogP contribution in [0, 0.1) is 12.3 Å². The van der Waals surface area contributed by atoms with E-state index in [4.69, 9.17) is 31.6 Å². The Kier molecular flexibility index (Phi) is 6.83. The Bertz CT molecular complexity index is 1000. The summed E-state index contributed by atoms with van der Waals surface area (Å²) in [6.07, 6.45) is 5.54. The van der Waals surface area contributed by atoms with Crippen molar-refractivity contribution in [2.24, 2.45) is 0 Å². The first-order valence-electron chi connectivity index (χ1n) is 8.10. The summed E-state index contributed by atoms with van der Waals surface area (Å²) in [6, 6.07) is 5.11. The van der Waals surface area contributed by atoms with E-state index < -0.39 is 26.0 Å². The number of fused-ring (bicyclic) bond motifs is 1. The lowest BCUT2D eigenvalue weighted by molar-refractivity contribution is -0.190. The highest BCUT2D eigenvalue weighted by atomic mass is 35.5. The van der Waals surface area contributed by atoms with Gasteiger partial charge in [-0.15, -0.1) is 6.42 Å². The predicted octanol–water partition coefficient (Wildman–Crippen LogP) is 2.68. The van der Waals surface area contributed by atoms with Gasteiger partial charge in [-0.1, -0.05) is 17.5 Å². The molecule has 0 saturated heterocycles. The fraction of sp³-hybridized carbons (Fsp3) is 0.294. The number of terminal acetylenes is 1. The molecule has 1 aromatic carbocycles. The summed E-state index contributed by atoms with van der Waals surface area (Å²) >= 11 is 5.91. The maximum Gasteiger partial charge on any atom is 0.397 e. The third-order valence-electron chi connectivity index (χ3n) is 3.87. The molecule has 148 valence electrons. The molecule has 0 fully saturated rings. The smallest absolute Gasteiger partial charge is 0.397 e. The second kappa shape index (κ2) is 9.32. The molecule has 2 heterocycles. The van der Waals surface area contributed by atoms with Gasteiger partial charge in [0.25, 0.3) is 5.56 Å². The van der Waals surface area contributed by atoms with Gasteiger partial charge in [-0.3, -0.25) is 23.4 Å². The first-order valence-corrected chi connectivity index (χ1v) is 9.57. The molecule has 28 heavy (non-hydrogen) atoms. The Morgan fingerprint density at radius 2 is 2.29 bits per heavy atom. The number of halogens is 2. The van der Waals surface area contributed by atoms with Crippen molar-refractivity contribution in [2.45, 2.75) is 25.7 Å². The number of hydrogen-bond acceptors (Lipinski definition) is 6. The zero-order valence-corrected chi connectivity index (χ0v) is 16.0. The normalized spacial score (nSPS) is 16.7. The predicted molar refractivity (Wildman–Crippen MR) is 99.6 cm³/mol. The van der Waals surface area contributed by atoms with E-state index in [0.29, 0.717) is 10.8 Å². The highest BCUT2D eigenvalue weighted by Crippen LogP contribution is 2.47. The van der Waals surface area contributed by atoms with E-state index in [1.54, 1.807) is 18.2 Å². The molecule has 0 bridgehead atoms. The fourth-order valence-electron chi connectivity index (χ4n) is 2.40. The molecule has 3 rings (SSSR count). The van der Waals surface area contributed by atoms with Crippen LogP contribution in [0.5, 0.6) is 5.75 Å². The van der Waals surface area contributed by atoms with Crippen LogP contribution in [0.4, 0.5) is 4.53 Å². The van der Waals surface area contributed by atoms with Crippen LogP contribution >= 0.6 is 20.2 Å². The summed E-state index contributed by atoms with van der Waals surface area (Å²) in [4.78, 5) is 29.2. The lowest BCUT2D eigenvalue weighted by Crippen LogP contribution is -2.32. The SMILES string of the molecule is C#Cc1cn(CCC(COP2OCc3cc(Cl)ccc3O2)OF)c(=O)[nH]c1=O. The molecule has 0 radical (unpaired) electrons. The lowest BCUT2D eigenvalue weighted by Gasteiger charge is -2.24. The first kappa shape index (κ1) is 20.5. The third kappa shape index (κ3) is 4.98. The first-order chi connectivity index (χ1) is 13.5. The topological polar surface area (TPSA) is 91.8 Å². The Morgan fingerprint density at radius 1 is 1.46 bits per heavy atom. The van der Waals surface area contributed by atoms with Gasteiger partial charge in [-0.25, -0.2) is 4.79 Å². The van der Waals surface area contributed by atoms with Crippen molar-refractivity contribution in [3.05, 3.63) is 61.4 Å². The van der Waals surface area contributed by atoms with Crippen LogP contribution in [0.1, 0.15) is 17.5 Å². The summed E-state index contributed by atoms with van der Waals surface area (Å²) in [6.45, 7) is 0.152. The molecule has 1 aliphatic heterocycles. The molecule has 0 amide bonds. The number of hydrogen-bond donors (Lipinski definition) is 1. The zero-order valence-electron chi connectivity index (χ0n) is 14.4. The number of aromatic amines is 1. The van der Waals surface area contributed by atoms with E-state index in [9.17, 15) is 14.1 Å². The van der Waals surface area contributed by atoms with Crippen LogP contribution in [-0.2, 0) is 27.1 Å². The van der Waals surface area contributed by atoms with Crippen molar-refractivity contribution in [3.63, 3.8) is 0 Å². The molecule has 11 heteroatoms. The highest BCUT2D eigenvalue weighted by molar-refractivity contribution is 7.42. The molecule has 1 aliphatic rings. The van der Waals surface area contributed by atoms with Crippen molar-refractivity contribution in [2.75, 3.05) is 6.61 Å². The molecule has 1 N–H and O–H groups in total. The van der Waals surface area contributed by atoms with Gasteiger partial charge in [0.2, 0.25) is 0 Å². The average Bonchev–Trinajstić information content (AvgIpc) is 2.69. The van der Waals surface area contributed by atoms with Crippen molar-refractivity contribution >= 4 is 20.2 Å². The van der Waals surface area contributed by atoms with Gasteiger partial charge in [0.1, 0.15) is 17.4 Å². The van der Waals surface area contributed by atoms with E-state index >= 15 is 0 Å². The molecule has 2 unspecified atom stereocenters. The van der Waals surface area contributed by atoms with Crippen LogP contribution in [0.15, 0.2) is 34.0 Å². The number of benzene rings is 1. The number of nitrogens with one attached hydrogen (secondary N) is 1. The van der Waals surface area contributed by atoms with Gasteiger partial charge >= 0.3 is 14.3 Å². The van der Waals surface area contributed by atoms with Crippen LogP contribution < -0.4 is 15.8 Å². The van der Waals surface area contributed by atoms with E-state index in [1.807, 2.05) is 0 Å². The molecule has 8 nitrogen and oxygen atoms in total. The second-order valence-electron chi connectivity index (χ2n) is 5.78. The van der Waals surface area contributed by atoms with Gasteiger partial charge in [0.15, 0.2) is 0 Å². The number of rotatable bonds is 7. The minimum absolute atomic E-state index is 0.000187. The third-order valence-corrected chi connectivity index (χ3v) is 5.15. The highest BCUT2D eigenvalue weighted by Gasteiger charge is 2.25. The zero-order chi connectivity index (χ0) is 20.1. The molecular formula is C17H15ClFN2O6P. The summed E-state index contributed by atoms with van der Waals surface area (Å²) in [5, 5.41) is 0.564. The van der Waals surface area contributed by atoms with Crippen LogP contribution in [0.2, 0.25) is 5.02 Å². The van der Waals surface area contributed by atoms with E-state index in [-0.39, 0.29) is 31.7 Å². The summed E-state index contributed by atoms with van der Waals surface area (Å²) in [5.41, 5.74) is -0.517. The van der Waals surface area contributed by atoms with Crippen LogP contribution in [0.3, 0.4) is 0 Å². The fourth-order valence-corrected chi connectivity index (χ4v) is 3.65. The monoisotopic (exact) mass is 428 g/mol. The molecule has 0 aliphatic carbocycles. The van der Waals surface area contributed by atoms with Crippen molar-refractivity contribution in [1.82, 2.24) is 9.55 Å². The molecule has 0 spiro atoms.